The van der Waals surface area contributed by atoms with Crippen molar-refractivity contribution in [2.75, 3.05) is 7.05 Å². The third kappa shape index (κ3) is 4.46. The van der Waals surface area contributed by atoms with E-state index in [2.05, 4.69) is 34.3 Å². The number of fused-ring (bicyclic) bond motifs is 1. The van der Waals surface area contributed by atoms with Crippen LogP contribution in [-0.4, -0.2) is 17.0 Å². The molecule has 0 radical (unpaired) electrons. The molecule has 1 aromatic heterocycles. The topological polar surface area (TPSA) is 60.7 Å². The van der Waals surface area contributed by atoms with Crippen LogP contribution >= 0.6 is 0 Å². The normalized spacial score (nSPS) is 12.9. The molecule has 2 rings (SSSR count). The van der Waals surface area contributed by atoms with Crippen LogP contribution in [0, 0.1) is 0 Å². The Morgan fingerprint density at radius 1 is 1.05 bits per heavy atom. The standard InChI is InChI=1S/C17H27N3O/c1-3-4-5-6-7-8-9-14(18-2)13-10-11-15-16(12-13)20-17(21)19-15/h10-12,14,18H,3-9H2,1-2H3,(H2,19,20,21). The van der Waals surface area contributed by atoms with E-state index in [1.165, 1.54) is 44.1 Å². The summed E-state index contributed by atoms with van der Waals surface area (Å²) < 4.78 is 0. The van der Waals surface area contributed by atoms with Crippen LogP contribution in [0.15, 0.2) is 23.0 Å². The molecule has 1 unspecified atom stereocenters. The highest BCUT2D eigenvalue weighted by atomic mass is 16.1. The second kappa shape index (κ2) is 8.03. The van der Waals surface area contributed by atoms with Gasteiger partial charge in [-0.15, -0.1) is 0 Å². The van der Waals surface area contributed by atoms with E-state index in [0.717, 1.165) is 17.5 Å². The van der Waals surface area contributed by atoms with E-state index in [1.54, 1.807) is 0 Å². The number of aromatic amines is 2. The fourth-order valence-electron chi connectivity index (χ4n) is 2.87. The maximum Gasteiger partial charge on any atom is 0.323 e. The number of aromatic nitrogens is 2. The van der Waals surface area contributed by atoms with Crippen molar-refractivity contribution >= 4 is 11.0 Å². The van der Waals surface area contributed by atoms with E-state index in [-0.39, 0.29) is 5.69 Å². The molecule has 4 nitrogen and oxygen atoms in total. The lowest BCUT2D eigenvalue weighted by Crippen LogP contribution is -2.16. The highest BCUT2D eigenvalue weighted by Crippen LogP contribution is 2.22. The first kappa shape index (κ1) is 15.8. The Balaban J connectivity index is 1.91. The Morgan fingerprint density at radius 2 is 1.76 bits per heavy atom. The predicted molar refractivity (Wildman–Crippen MR) is 88.7 cm³/mol. The molecule has 4 heteroatoms. The van der Waals surface area contributed by atoms with Gasteiger partial charge in [-0.1, -0.05) is 51.5 Å². The van der Waals surface area contributed by atoms with Crippen LogP contribution in [-0.2, 0) is 0 Å². The zero-order valence-electron chi connectivity index (χ0n) is 13.2. The molecule has 3 N–H and O–H groups in total. The van der Waals surface area contributed by atoms with Crippen molar-refractivity contribution in [2.45, 2.75) is 57.9 Å². The molecule has 21 heavy (non-hydrogen) atoms. The molecule has 0 spiro atoms. The van der Waals surface area contributed by atoms with Crippen molar-refractivity contribution in [1.82, 2.24) is 15.3 Å². The SMILES string of the molecule is CCCCCCCCC(NC)c1ccc2[nH]c(=O)[nH]c2c1. The fraction of sp³-hybridized carbons (Fsp3) is 0.588. The second-order valence-corrected chi connectivity index (χ2v) is 5.78. The zero-order valence-corrected chi connectivity index (χ0v) is 13.2. The molecule has 2 aromatic rings. The molecule has 0 aliphatic carbocycles. The van der Waals surface area contributed by atoms with E-state index < -0.39 is 0 Å². The molecule has 0 amide bonds. The number of hydrogen-bond acceptors (Lipinski definition) is 2. The van der Waals surface area contributed by atoms with Crippen LogP contribution in [0.4, 0.5) is 0 Å². The predicted octanol–water partition coefficient (Wildman–Crippen LogP) is 3.87. The van der Waals surface area contributed by atoms with Gasteiger partial charge in [0.05, 0.1) is 11.0 Å². The van der Waals surface area contributed by atoms with Crippen molar-refractivity contribution in [2.24, 2.45) is 0 Å². The highest BCUT2D eigenvalue weighted by Gasteiger charge is 2.10. The largest absolute Gasteiger partial charge is 0.323 e. The number of rotatable bonds is 9. The van der Waals surface area contributed by atoms with Crippen molar-refractivity contribution in [1.29, 1.82) is 0 Å². The molecule has 0 aliphatic heterocycles. The molecule has 0 saturated carbocycles. The van der Waals surface area contributed by atoms with Crippen LogP contribution in [0.25, 0.3) is 11.0 Å². The summed E-state index contributed by atoms with van der Waals surface area (Å²) in [5, 5.41) is 3.39. The van der Waals surface area contributed by atoms with Crippen LogP contribution in [0.5, 0.6) is 0 Å². The smallest absolute Gasteiger partial charge is 0.313 e. The van der Waals surface area contributed by atoms with Gasteiger partial charge < -0.3 is 15.3 Å². The van der Waals surface area contributed by atoms with Gasteiger partial charge in [-0.3, -0.25) is 0 Å². The van der Waals surface area contributed by atoms with Crippen molar-refractivity contribution < 1.29 is 0 Å². The summed E-state index contributed by atoms with van der Waals surface area (Å²) in [6.45, 7) is 2.25. The summed E-state index contributed by atoms with van der Waals surface area (Å²) in [6, 6.07) is 6.52. The summed E-state index contributed by atoms with van der Waals surface area (Å²) in [4.78, 5) is 16.9. The summed E-state index contributed by atoms with van der Waals surface area (Å²) >= 11 is 0. The van der Waals surface area contributed by atoms with Gasteiger partial charge in [0, 0.05) is 6.04 Å². The Morgan fingerprint density at radius 3 is 2.52 bits per heavy atom. The summed E-state index contributed by atoms with van der Waals surface area (Å²) in [7, 11) is 2.01. The van der Waals surface area contributed by atoms with Crippen LogP contribution in [0.1, 0.15) is 63.5 Å². The van der Waals surface area contributed by atoms with Crippen molar-refractivity contribution in [3.63, 3.8) is 0 Å². The minimum absolute atomic E-state index is 0.140. The maximum atomic E-state index is 11.3. The molecule has 1 heterocycles. The van der Waals surface area contributed by atoms with Crippen LogP contribution < -0.4 is 11.0 Å². The van der Waals surface area contributed by atoms with E-state index in [4.69, 9.17) is 0 Å². The number of nitrogens with one attached hydrogen (secondary N) is 3. The lowest BCUT2D eigenvalue weighted by Gasteiger charge is -2.16. The summed E-state index contributed by atoms with van der Waals surface area (Å²) in [5.41, 5.74) is 2.87. The third-order valence-electron chi connectivity index (χ3n) is 4.14. The quantitative estimate of drug-likeness (QED) is 0.614. The Kier molecular flexibility index (Phi) is 6.05. The minimum Gasteiger partial charge on any atom is -0.313 e. The molecular formula is C17H27N3O. The van der Waals surface area contributed by atoms with Gasteiger partial charge in [0.25, 0.3) is 0 Å². The minimum atomic E-state index is -0.140. The highest BCUT2D eigenvalue weighted by molar-refractivity contribution is 5.75. The van der Waals surface area contributed by atoms with E-state index in [9.17, 15) is 4.79 Å². The molecule has 0 fully saturated rings. The van der Waals surface area contributed by atoms with Gasteiger partial charge in [0.15, 0.2) is 0 Å². The van der Waals surface area contributed by atoms with E-state index in [1.807, 2.05) is 13.1 Å². The summed E-state index contributed by atoms with van der Waals surface area (Å²) in [6.07, 6.45) is 9.05. The average molecular weight is 289 g/mol. The number of imidazole rings is 1. The van der Waals surface area contributed by atoms with Crippen molar-refractivity contribution in [3.05, 3.63) is 34.2 Å². The molecule has 1 aromatic carbocycles. The van der Waals surface area contributed by atoms with E-state index in [0.29, 0.717) is 6.04 Å². The molecule has 116 valence electrons. The van der Waals surface area contributed by atoms with Gasteiger partial charge >= 0.3 is 5.69 Å². The van der Waals surface area contributed by atoms with Gasteiger partial charge in [0.1, 0.15) is 0 Å². The summed E-state index contributed by atoms with van der Waals surface area (Å²) in [5.74, 6) is 0. The molecule has 0 saturated heterocycles. The number of H-pyrrole nitrogens is 2. The molecular weight excluding hydrogens is 262 g/mol. The first-order chi connectivity index (χ1) is 10.2. The lowest BCUT2D eigenvalue weighted by molar-refractivity contribution is 0.498. The fourth-order valence-corrected chi connectivity index (χ4v) is 2.87. The van der Waals surface area contributed by atoms with Gasteiger partial charge in [-0.05, 0) is 31.2 Å². The number of hydrogen-bond donors (Lipinski definition) is 3. The van der Waals surface area contributed by atoms with E-state index >= 15 is 0 Å². The second-order valence-electron chi connectivity index (χ2n) is 5.78. The van der Waals surface area contributed by atoms with Crippen LogP contribution in [0.2, 0.25) is 0 Å². The van der Waals surface area contributed by atoms with Crippen molar-refractivity contribution in [3.8, 4) is 0 Å². The number of benzene rings is 1. The van der Waals surface area contributed by atoms with Gasteiger partial charge in [-0.25, -0.2) is 4.79 Å². The first-order valence-corrected chi connectivity index (χ1v) is 8.13. The Hall–Kier alpha value is -1.55. The number of unbranched alkanes of at least 4 members (excludes halogenated alkanes) is 5. The maximum absolute atomic E-state index is 11.3. The van der Waals surface area contributed by atoms with Gasteiger partial charge in [-0.2, -0.15) is 0 Å². The molecule has 0 bridgehead atoms. The molecule has 0 aliphatic rings. The Bertz CT molecular complexity index is 599. The third-order valence-corrected chi connectivity index (χ3v) is 4.14. The molecule has 1 atom stereocenters. The first-order valence-electron chi connectivity index (χ1n) is 8.13. The Labute approximate surface area is 126 Å². The van der Waals surface area contributed by atoms with Crippen LogP contribution in [0.3, 0.4) is 0 Å². The monoisotopic (exact) mass is 289 g/mol. The van der Waals surface area contributed by atoms with Gasteiger partial charge in [0.2, 0.25) is 0 Å². The average Bonchev–Trinajstić information content (AvgIpc) is 2.85. The lowest BCUT2D eigenvalue weighted by atomic mass is 9.99. The zero-order chi connectivity index (χ0) is 15.1.